The van der Waals surface area contributed by atoms with Crippen LogP contribution in [0, 0.1) is 12.8 Å². The lowest BCUT2D eigenvalue weighted by atomic mass is 9.77. The van der Waals surface area contributed by atoms with E-state index in [0.717, 1.165) is 31.2 Å². The highest BCUT2D eigenvalue weighted by atomic mass is 16.5. The van der Waals surface area contributed by atoms with Crippen molar-refractivity contribution in [3.8, 4) is 5.75 Å². The predicted molar refractivity (Wildman–Crippen MR) is 82.3 cm³/mol. The van der Waals surface area contributed by atoms with Gasteiger partial charge in [-0.05, 0) is 43.4 Å². The van der Waals surface area contributed by atoms with E-state index in [-0.39, 0.29) is 19.1 Å². The van der Waals surface area contributed by atoms with Crippen LogP contribution in [-0.2, 0) is 4.79 Å². The molecule has 1 aromatic rings. The number of aliphatic hydroxyl groups is 1. The first kappa shape index (κ1) is 15.8. The summed E-state index contributed by atoms with van der Waals surface area (Å²) in [6.45, 7) is 4.13. The van der Waals surface area contributed by atoms with E-state index in [1.807, 2.05) is 31.2 Å². The van der Waals surface area contributed by atoms with Gasteiger partial charge in [-0.1, -0.05) is 31.9 Å². The van der Waals surface area contributed by atoms with Crippen LogP contribution < -0.4 is 10.1 Å². The van der Waals surface area contributed by atoms with Gasteiger partial charge in [0.2, 0.25) is 0 Å². The summed E-state index contributed by atoms with van der Waals surface area (Å²) in [6, 6.07) is 7.63. The number of ether oxygens (including phenoxy) is 1. The molecule has 1 amide bonds. The summed E-state index contributed by atoms with van der Waals surface area (Å²) in [5.41, 5.74) is 0.630. The third-order valence-electron chi connectivity index (χ3n) is 4.16. The Morgan fingerprint density at radius 3 is 3.00 bits per heavy atom. The molecule has 0 radical (unpaired) electrons. The number of rotatable bonds is 5. The Balaban J connectivity index is 1.88. The van der Waals surface area contributed by atoms with Crippen LogP contribution in [0.2, 0.25) is 0 Å². The zero-order valence-corrected chi connectivity index (χ0v) is 12.9. The lowest BCUT2D eigenvalue weighted by Crippen LogP contribution is -2.55. The fraction of sp³-hybridized carbons (Fsp3) is 0.588. The standard InChI is InChI=1S/C17H25NO3/c1-13-5-3-7-15(9-13)21-11-16(20)18-17(12-19)8-4-6-14(2)10-17/h3,5,7,9,14,19H,4,6,8,10-12H2,1-2H3,(H,18,20). The highest BCUT2D eigenvalue weighted by molar-refractivity contribution is 5.78. The van der Waals surface area contributed by atoms with E-state index in [1.54, 1.807) is 0 Å². The zero-order valence-electron chi connectivity index (χ0n) is 12.9. The number of hydrogen-bond donors (Lipinski definition) is 2. The molecule has 21 heavy (non-hydrogen) atoms. The molecule has 116 valence electrons. The van der Waals surface area contributed by atoms with Crippen LogP contribution in [0.5, 0.6) is 5.75 Å². The van der Waals surface area contributed by atoms with Gasteiger partial charge in [0.1, 0.15) is 5.75 Å². The van der Waals surface area contributed by atoms with Gasteiger partial charge in [-0.2, -0.15) is 0 Å². The lowest BCUT2D eigenvalue weighted by Gasteiger charge is -2.39. The lowest BCUT2D eigenvalue weighted by molar-refractivity contribution is -0.126. The Kier molecular flexibility index (Phi) is 5.23. The van der Waals surface area contributed by atoms with Crippen molar-refractivity contribution in [3.63, 3.8) is 0 Å². The smallest absolute Gasteiger partial charge is 0.258 e. The number of amides is 1. The van der Waals surface area contributed by atoms with E-state index in [9.17, 15) is 9.90 Å². The maximum absolute atomic E-state index is 12.1. The fourth-order valence-electron chi connectivity index (χ4n) is 3.14. The SMILES string of the molecule is Cc1cccc(OCC(=O)NC2(CO)CCCC(C)C2)c1. The first-order chi connectivity index (χ1) is 10.0. The summed E-state index contributed by atoms with van der Waals surface area (Å²) < 4.78 is 5.51. The average molecular weight is 291 g/mol. The number of carbonyl (C=O) groups is 1. The second-order valence-electron chi connectivity index (χ2n) is 6.29. The van der Waals surface area contributed by atoms with Crippen molar-refractivity contribution in [3.05, 3.63) is 29.8 Å². The molecule has 1 aromatic carbocycles. The second kappa shape index (κ2) is 6.94. The number of carbonyl (C=O) groups excluding carboxylic acids is 1. The first-order valence-corrected chi connectivity index (χ1v) is 7.64. The van der Waals surface area contributed by atoms with Gasteiger partial charge in [0.05, 0.1) is 12.1 Å². The predicted octanol–water partition coefficient (Wildman–Crippen LogP) is 2.43. The monoisotopic (exact) mass is 291 g/mol. The molecule has 0 aliphatic heterocycles. The maximum atomic E-state index is 12.1. The van der Waals surface area contributed by atoms with Crippen LogP contribution in [0.1, 0.15) is 38.2 Å². The van der Waals surface area contributed by atoms with Gasteiger partial charge >= 0.3 is 0 Å². The summed E-state index contributed by atoms with van der Waals surface area (Å²) in [7, 11) is 0. The van der Waals surface area contributed by atoms with Crippen LogP contribution in [0.15, 0.2) is 24.3 Å². The third kappa shape index (κ3) is 4.46. The number of nitrogens with one attached hydrogen (secondary N) is 1. The Hall–Kier alpha value is -1.55. The van der Waals surface area contributed by atoms with Gasteiger partial charge in [0, 0.05) is 0 Å². The third-order valence-corrected chi connectivity index (χ3v) is 4.16. The molecule has 4 heteroatoms. The molecule has 0 bridgehead atoms. The van der Waals surface area contributed by atoms with Crippen molar-refractivity contribution in [2.75, 3.05) is 13.2 Å². The zero-order chi connectivity index (χ0) is 15.3. The van der Waals surface area contributed by atoms with E-state index >= 15 is 0 Å². The van der Waals surface area contributed by atoms with Crippen molar-refractivity contribution < 1.29 is 14.6 Å². The summed E-state index contributed by atoms with van der Waals surface area (Å²) in [5.74, 6) is 1.06. The molecule has 0 aromatic heterocycles. The Labute approximate surface area is 126 Å². The number of benzene rings is 1. The number of aryl methyl sites for hydroxylation is 1. The van der Waals surface area contributed by atoms with Crippen LogP contribution >= 0.6 is 0 Å². The molecular formula is C17H25NO3. The van der Waals surface area contributed by atoms with E-state index in [4.69, 9.17) is 4.74 Å². The van der Waals surface area contributed by atoms with Crippen molar-refractivity contribution in [2.45, 2.75) is 45.1 Å². The fourth-order valence-corrected chi connectivity index (χ4v) is 3.14. The Bertz CT molecular complexity index is 489. The normalized spacial score (nSPS) is 25.4. The minimum atomic E-state index is -0.468. The van der Waals surface area contributed by atoms with Crippen LogP contribution in [0.4, 0.5) is 0 Å². The highest BCUT2D eigenvalue weighted by Gasteiger charge is 2.35. The molecule has 1 aliphatic carbocycles. The minimum absolute atomic E-state index is 0.00642. The molecule has 2 N–H and O–H groups in total. The van der Waals surface area contributed by atoms with Gasteiger partial charge in [-0.15, -0.1) is 0 Å². The topological polar surface area (TPSA) is 58.6 Å². The van der Waals surface area contributed by atoms with Gasteiger partial charge in [-0.3, -0.25) is 4.79 Å². The van der Waals surface area contributed by atoms with Crippen molar-refractivity contribution >= 4 is 5.91 Å². The van der Waals surface area contributed by atoms with E-state index in [0.29, 0.717) is 11.7 Å². The average Bonchev–Trinajstić information content (AvgIpc) is 2.45. The summed E-state index contributed by atoms with van der Waals surface area (Å²) in [6.07, 6.45) is 3.88. The molecule has 2 rings (SSSR count). The molecule has 0 spiro atoms. The molecule has 0 saturated heterocycles. The van der Waals surface area contributed by atoms with Gasteiger partial charge in [-0.25, -0.2) is 0 Å². The molecule has 1 fully saturated rings. The van der Waals surface area contributed by atoms with Gasteiger partial charge in [0.25, 0.3) is 5.91 Å². The molecule has 4 nitrogen and oxygen atoms in total. The molecule has 1 aliphatic rings. The second-order valence-corrected chi connectivity index (χ2v) is 6.29. The quantitative estimate of drug-likeness (QED) is 0.876. The van der Waals surface area contributed by atoms with Crippen LogP contribution in [0.3, 0.4) is 0 Å². The molecular weight excluding hydrogens is 266 g/mol. The van der Waals surface area contributed by atoms with Crippen LogP contribution in [-0.4, -0.2) is 29.8 Å². The summed E-state index contributed by atoms with van der Waals surface area (Å²) in [4.78, 5) is 12.1. The first-order valence-electron chi connectivity index (χ1n) is 7.64. The summed E-state index contributed by atoms with van der Waals surface area (Å²) in [5, 5.41) is 12.7. The largest absolute Gasteiger partial charge is 0.484 e. The maximum Gasteiger partial charge on any atom is 0.258 e. The minimum Gasteiger partial charge on any atom is -0.484 e. The molecule has 1 saturated carbocycles. The molecule has 2 atom stereocenters. The van der Waals surface area contributed by atoms with E-state index in [1.165, 1.54) is 0 Å². The van der Waals surface area contributed by atoms with Gasteiger partial charge in [0.15, 0.2) is 6.61 Å². The van der Waals surface area contributed by atoms with Gasteiger partial charge < -0.3 is 15.2 Å². The molecule has 2 unspecified atom stereocenters. The van der Waals surface area contributed by atoms with E-state index < -0.39 is 5.54 Å². The van der Waals surface area contributed by atoms with Crippen LogP contribution in [0.25, 0.3) is 0 Å². The highest BCUT2D eigenvalue weighted by Crippen LogP contribution is 2.31. The molecule has 0 heterocycles. The Morgan fingerprint density at radius 1 is 1.52 bits per heavy atom. The van der Waals surface area contributed by atoms with Crippen molar-refractivity contribution in [1.29, 1.82) is 0 Å². The number of hydrogen-bond acceptors (Lipinski definition) is 3. The van der Waals surface area contributed by atoms with E-state index in [2.05, 4.69) is 12.2 Å². The Morgan fingerprint density at radius 2 is 2.33 bits per heavy atom. The summed E-state index contributed by atoms with van der Waals surface area (Å²) >= 11 is 0. The van der Waals surface area contributed by atoms with Crippen molar-refractivity contribution in [1.82, 2.24) is 5.32 Å². The van der Waals surface area contributed by atoms with Crippen molar-refractivity contribution in [2.24, 2.45) is 5.92 Å². The number of aliphatic hydroxyl groups excluding tert-OH is 1.